The fraction of sp³-hybridized carbons (Fsp3) is 0. The van der Waals surface area contributed by atoms with Gasteiger partial charge < -0.3 is 5.32 Å². The summed E-state index contributed by atoms with van der Waals surface area (Å²) < 4.78 is 14.3. The largest absolute Gasteiger partial charge is 0.322 e. The summed E-state index contributed by atoms with van der Waals surface area (Å²) in [5, 5.41) is 3.04. The SMILES string of the molecule is O=C(Nc1ccc(Br)c(Cl)c1)c1c(F)cccc1Cl. The van der Waals surface area contributed by atoms with E-state index in [1.165, 1.54) is 18.2 Å². The molecule has 0 aliphatic rings. The third kappa shape index (κ3) is 3.26. The number of anilines is 1. The predicted molar refractivity (Wildman–Crippen MR) is 78.5 cm³/mol. The van der Waals surface area contributed by atoms with Crippen molar-refractivity contribution in [1.29, 1.82) is 0 Å². The van der Waals surface area contributed by atoms with Crippen LogP contribution >= 0.6 is 39.1 Å². The number of amides is 1. The maximum atomic E-state index is 13.6. The molecule has 0 aromatic heterocycles. The predicted octanol–water partition coefficient (Wildman–Crippen LogP) is 5.15. The molecular weight excluding hydrogens is 356 g/mol. The standard InChI is InChI=1S/C13H7BrCl2FNO/c14-8-5-4-7(6-10(8)16)18-13(19)12-9(15)2-1-3-11(12)17/h1-6H,(H,18,19). The van der Waals surface area contributed by atoms with E-state index in [0.717, 1.165) is 0 Å². The lowest BCUT2D eigenvalue weighted by atomic mass is 10.2. The molecular formula is C13H7BrCl2FNO. The highest BCUT2D eigenvalue weighted by molar-refractivity contribution is 9.10. The van der Waals surface area contributed by atoms with Gasteiger partial charge in [-0.2, -0.15) is 0 Å². The van der Waals surface area contributed by atoms with Crippen LogP contribution in [0.4, 0.5) is 10.1 Å². The molecule has 0 bridgehead atoms. The van der Waals surface area contributed by atoms with Gasteiger partial charge in [-0.25, -0.2) is 4.39 Å². The Morgan fingerprint density at radius 3 is 2.53 bits per heavy atom. The summed E-state index contributed by atoms with van der Waals surface area (Å²) in [6.45, 7) is 0. The van der Waals surface area contributed by atoms with Gasteiger partial charge in [0.2, 0.25) is 0 Å². The molecule has 2 rings (SSSR count). The van der Waals surface area contributed by atoms with Gasteiger partial charge in [0.1, 0.15) is 5.82 Å². The van der Waals surface area contributed by atoms with E-state index in [4.69, 9.17) is 23.2 Å². The molecule has 0 radical (unpaired) electrons. The number of rotatable bonds is 2. The first-order chi connectivity index (χ1) is 8.99. The molecule has 1 N–H and O–H groups in total. The van der Waals surface area contributed by atoms with Gasteiger partial charge in [0.25, 0.3) is 5.91 Å². The first-order valence-electron chi connectivity index (χ1n) is 5.19. The van der Waals surface area contributed by atoms with Gasteiger partial charge in [-0.1, -0.05) is 29.3 Å². The quantitative estimate of drug-likeness (QED) is 0.786. The van der Waals surface area contributed by atoms with E-state index in [0.29, 0.717) is 15.2 Å². The van der Waals surface area contributed by atoms with Gasteiger partial charge in [0.15, 0.2) is 0 Å². The molecule has 0 aliphatic carbocycles. The number of nitrogens with one attached hydrogen (secondary N) is 1. The molecule has 0 unspecified atom stereocenters. The molecule has 0 saturated carbocycles. The lowest BCUT2D eigenvalue weighted by molar-refractivity contribution is 0.102. The van der Waals surface area contributed by atoms with E-state index in [-0.39, 0.29) is 10.6 Å². The van der Waals surface area contributed by atoms with Crippen LogP contribution in [0.2, 0.25) is 10.0 Å². The topological polar surface area (TPSA) is 29.1 Å². The lowest BCUT2D eigenvalue weighted by Crippen LogP contribution is -2.14. The highest BCUT2D eigenvalue weighted by Gasteiger charge is 2.16. The van der Waals surface area contributed by atoms with Gasteiger partial charge in [0, 0.05) is 10.2 Å². The molecule has 1 amide bonds. The number of benzene rings is 2. The Kier molecular flexibility index (Phi) is 4.45. The van der Waals surface area contributed by atoms with E-state index in [9.17, 15) is 9.18 Å². The lowest BCUT2D eigenvalue weighted by Gasteiger charge is -2.08. The normalized spacial score (nSPS) is 10.3. The van der Waals surface area contributed by atoms with Crippen LogP contribution in [-0.2, 0) is 0 Å². The van der Waals surface area contributed by atoms with E-state index in [1.807, 2.05) is 0 Å². The molecule has 0 spiro atoms. The Hall–Kier alpha value is -1.10. The maximum Gasteiger partial charge on any atom is 0.260 e. The van der Waals surface area contributed by atoms with Crippen LogP contribution in [0.3, 0.4) is 0 Å². The summed E-state index contributed by atoms with van der Waals surface area (Å²) in [7, 11) is 0. The molecule has 2 aromatic carbocycles. The Balaban J connectivity index is 2.28. The molecule has 2 nitrogen and oxygen atoms in total. The van der Waals surface area contributed by atoms with Crippen molar-refractivity contribution < 1.29 is 9.18 Å². The zero-order valence-electron chi connectivity index (χ0n) is 9.38. The zero-order valence-corrected chi connectivity index (χ0v) is 12.5. The second kappa shape index (κ2) is 5.90. The summed E-state index contributed by atoms with van der Waals surface area (Å²) in [5.41, 5.74) is 0.265. The fourth-order valence-corrected chi connectivity index (χ4v) is 2.16. The number of hydrogen-bond acceptors (Lipinski definition) is 1. The van der Waals surface area contributed by atoms with Crippen molar-refractivity contribution in [3.63, 3.8) is 0 Å². The maximum absolute atomic E-state index is 13.6. The number of carbonyl (C=O) groups excluding carboxylic acids is 1. The molecule has 0 saturated heterocycles. The Labute approximate surface area is 127 Å². The average Bonchev–Trinajstić information content (AvgIpc) is 2.33. The zero-order chi connectivity index (χ0) is 14.0. The van der Waals surface area contributed by atoms with Crippen molar-refractivity contribution in [2.45, 2.75) is 0 Å². The summed E-state index contributed by atoms with van der Waals surface area (Å²) in [6.07, 6.45) is 0. The fourth-order valence-electron chi connectivity index (χ4n) is 1.48. The molecule has 0 aliphatic heterocycles. The highest BCUT2D eigenvalue weighted by atomic mass is 79.9. The minimum atomic E-state index is -0.673. The van der Waals surface area contributed by atoms with E-state index < -0.39 is 11.7 Å². The summed E-state index contributed by atoms with van der Waals surface area (Å²) in [6, 6.07) is 8.94. The van der Waals surface area contributed by atoms with Crippen molar-refractivity contribution >= 4 is 50.7 Å². The van der Waals surface area contributed by atoms with Crippen LogP contribution in [0.1, 0.15) is 10.4 Å². The van der Waals surface area contributed by atoms with E-state index in [2.05, 4.69) is 21.2 Å². The van der Waals surface area contributed by atoms with Gasteiger partial charge in [-0.3, -0.25) is 4.79 Å². The van der Waals surface area contributed by atoms with Crippen LogP contribution in [0.25, 0.3) is 0 Å². The molecule has 6 heteroatoms. The molecule has 0 atom stereocenters. The number of hydrogen-bond donors (Lipinski definition) is 1. The minimum Gasteiger partial charge on any atom is -0.322 e. The van der Waals surface area contributed by atoms with E-state index in [1.54, 1.807) is 18.2 Å². The first-order valence-corrected chi connectivity index (χ1v) is 6.74. The van der Waals surface area contributed by atoms with Crippen molar-refractivity contribution in [1.82, 2.24) is 0 Å². The monoisotopic (exact) mass is 361 g/mol. The van der Waals surface area contributed by atoms with Crippen molar-refractivity contribution in [3.8, 4) is 0 Å². The molecule has 0 heterocycles. The molecule has 98 valence electrons. The van der Waals surface area contributed by atoms with Crippen molar-refractivity contribution in [2.75, 3.05) is 5.32 Å². The van der Waals surface area contributed by atoms with E-state index >= 15 is 0 Å². The van der Waals surface area contributed by atoms with Gasteiger partial charge in [-0.15, -0.1) is 0 Å². The highest BCUT2D eigenvalue weighted by Crippen LogP contribution is 2.26. The van der Waals surface area contributed by atoms with Crippen LogP contribution in [0.15, 0.2) is 40.9 Å². The molecule has 0 fully saturated rings. The second-order valence-electron chi connectivity index (χ2n) is 3.68. The molecule has 19 heavy (non-hydrogen) atoms. The number of halogens is 4. The summed E-state index contributed by atoms with van der Waals surface area (Å²) >= 11 is 15.0. The molecule has 2 aromatic rings. The third-order valence-corrected chi connectivity index (χ3v) is 3.91. The van der Waals surface area contributed by atoms with Crippen LogP contribution < -0.4 is 5.32 Å². The third-order valence-electron chi connectivity index (χ3n) is 2.37. The van der Waals surface area contributed by atoms with Crippen LogP contribution in [0, 0.1) is 5.82 Å². The van der Waals surface area contributed by atoms with Crippen molar-refractivity contribution in [3.05, 3.63) is 62.3 Å². The summed E-state index contributed by atoms with van der Waals surface area (Å²) in [4.78, 5) is 12.0. The number of carbonyl (C=O) groups is 1. The van der Waals surface area contributed by atoms with Gasteiger partial charge >= 0.3 is 0 Å². The average molecular weight is 363 g/mol. The van der Waals surface area contributed by atoms with Crippen LogP contribution in [-0.4, -0.2) is 5.91 Å². The Morgan fingerprint density at radius 2 is 1.89 bits per heavy atom. The second-order valence-corrected chi connectivity index (χ2v) is 5.35. The Bertz CT molecular complexity index is 628. The minimum absolute atomic E-state index is 0.0562. The van der Waals surface area contributed by atoms with Crippen LogP contribution in [0.5, 0.6) is 0 Å². The summed E-state index contributed by atoms with van der Waals surface area (Å²) in [5.74, 6) is -1.30. The van der Waals surface area contributed by atoms with Crippen molar-refractivity contribution in [2.24, 2.45) is 0 Å². The van der Waals surface area contributed by atoms with Gasteiger partial charge in [0.05, 0.1) is 15.6 Å². The first kappa shape index (κ1) is 14.3. The Morgan fingerprint density at radius 1 is 1.16 bits per heavy atom. The van der Waals surface area contributed by atoms with Gasteiger partial charge in [-0.05, 0) is 46.3 Å². The smallest absolute Gasteiger partial charge is 0.260 e.